The Morgan fingerprint density at radius 3 is 2.33 bits per heavy atom. The van der Waals surface area contributed by atoms with E-state index in [1.165, 1.54) is 0 Å². The van der Waals surface area contributed by atoms with Crippen molar-refractivity contribution in [3.8, 4) is 0 Å². The van der Waals surface area contributed by atoms with Crippen LogP contribution in [0, 0.1) is 0 Å². The third-order valence-electron chi connectivity index (χ3n) is 2.07. The van der Waals surface area contributed by atoms with Crippen molar-refractivity contribution >= 4 is 0 Å². The van der Waals surface area contributed by atoms with Gasteiger partial charge in [-0.2, -0.15) is 13.2 Å². The predicted octanol–water partition coefficient (Wildman–Crippen LogP) is 2.90. The number of aliphatic hydroxyl groups excluding tert-OH is 1. The van der Waals surface area contributed by atoms with Gasteiger partial charge >= 0.3 is 6.18 Å². The smallest absolute Gasteiger partial charge is 0.396 e. The minimum Gasteiger partial charge on any atom is -0.396 e. The van der Waals surface area contributed by atoms with E-state index in [0.717, 1.165) is 19.3 Å². The Hall–Kier alpha value is -0.290. The maximum atomic E-state index is 12.2. The molecule has 0 aromatic heterocycles. The summed E-state index contributed by atoms with van der Waals surface area (Å²) in [5, 5.41) is 8.46. The van der Waals surface area contributed by atoms with E-state index in [4.69, 9.17) is 9.84 Å². The van der Waals surface area contributed by atoms with E-state index < -0.39 is 18.9 Å². The van der Waals surface area contributed by atoms with Gasteiger partial charge in [-0.15, -0.1) is 0 Å². The van der Waals surface area contributed by atoms with E-state index in [1.807, 2.05) is 6.92 Å². The van der Waals surface area contributed by atoms with Gasteiger partial charge in [0.25, 0.3) is 0 Å². The second kappa shape index (κ2) is 7.93. The third-order valence-corrected chi connectivity index (χ3v) is 2.07. The number of hydrogen-bond donors (Lipinski definition) is 1. The highest BCUT2D eigenvalue weighted by atomic mass is 19.4. The molecule has 0 radical (unpaired) electrons. The van der Waals surface area contributed by atoms with Crippen LogP contribution in [0.2, 0.25) is 0 Å². The first kappa shape index (κ1) is 14.7. The van der Waals surface area contributed by atoms with Crippen molar-refractivity contribution in [3.63, 3.8) is 0 Å². The van der Waals surface area contributed by atoms with Crippen LogP contribution >= 0.6 is 0 Å². The average molecular weight is 228 g/mol. The fourth-order valence-electron chi connectivity index (χ4n) is 1.21. The Bertz CT molecular complexity index is 148. The summed E-state index contributed by atoms with van der Waals surface area (Å²) in [6.07, 6.45) is -2.97. The Kier molecular flexibility index (Phi) is 7.78. The summed E-state index contributed by atoms with van der Waals surface area (Å²) in [6.45, 7) is 1.65. The highest BCUT2D eigenvalue weighted by Crippen LogP contribution is 2.25. The number of hydrogen-bond acceptors (Lipinski definition) is 2. The van der Waals surface area contributed by atoms with E-state index >= 15 is 0 Å². The lowest BCUT2D eigenvalue weighted by Crippen LogP contribution is -2.32. The van der Waals surface area contributed by atoms with Gasteiger partial charge in [0.2, 0.25) is 0 Å². The molecule has 0 aromatic carbocycles. The van der Waals surface area contributed by atoms with Gasteiger partial charge in [0.1, 0.15) is 0 Å². The number of aliphatic hydroxyl groups is 1. The molecule has 0 aliphatic heterocycles. The zero-order chi connectivity index (χ0) is 11.7. The molecule has 15 heavy (non-hydrogen) atoms. The molecule has 5 heteroatoms. The molecule has 1 N–H and O–H groups in total. The molecule has 0 fully saturated rings. The van der Waals surface area contributed by atoms with Crippen LogP contribution in [0.5, 0.6) is 0 Å². The van der Waals surface area contributed by atoms with E-state index in [9.17, 15) is 13.2 Å². The predicted molar refractivity (Wildman–Crippen MR) is 51.6 cm³/mol. The first-order valence-corrected chi connectivity index (χ1v) is 5.31. The summed E-state index contributed by atoms with van der Waals surface area (Å²) >= 11 is 0. The second-order valence-electron chi connectivity index (χ2n) is 3.47. The summed E-state index contributed by atoms with van der Waals surface area (Å²) in [6, 6.07) is 0. The summed E-state index contributed by atoms with van der Waals surface area (Å²) in [5.74, 6) is 0. The molecule has 0 saturated heterocycles. The van der Waals surface area contributed by atoms with Crippen LogP contribution in [0.3, 0.4) is 0 Å². The van der Waals surface area contributed by atoms with E-state index in [-0.39, 0.29) is 13.0 Å². The molecular weight excluding hydrogens is 209 g/mol. The maximum absolute atomic E-state index is 12.2. The lowest BCUT2D eigenvalue weighted by molar-refractivity contribution is -0.224. The number of alkyl halides is 3. The van der Waals surface area contributed by atoms with Gasteiger partial charge in [0.15, 0.2) is 6.10 Å². The standard InChI is InChI=1S/C10H19F3O2/c1-2-3-4-5-8-15-9(6-7-14)10(11,12)13/h9,14H,2-8H2,1H3. The zero-order valence-electron chi connectivity index (χ0n) is 9.02. The molecule has 0 rings (SSSR count). The summed E-state index contributed by atoms with van der Waals surface area (Å²) in [4.78, 5) is 0. The molecule has 0 spiro atoms. The molecular formula is C10H19F3O2. The maximum Gasteiger partial charge on any atom is 0.414 e. The van der Waals surface area contributed by atoms with Crippen LogP contribution in [0.15, 0.2) is 0 Å². The van der Waals surface area contributed by atoms with Crippen LogP contribution in [-0.2, 0) is 4.74 Å². The normalized spacial score (nSPS) is 14.2. The Balaban J connectivity index is 3.67. The van der Waals surface area contributed by atoms with Crippen molar-refractivity contribution in [1.29, 1.82) is 0 Å². The Labute approximate surface area is 88.4 Å². The first-order valence-electron chi connectivity index (χ1n) is 5.31. The second-order valence-corrected chi connectivity index (χ2v) is 3.47. The number of unbranched alkanes of at least 4 members (excludes halogenated alkanes) is 3. The molecule has 92 valence electrons. The molecule has 0 aromatic rings. The van der Waals surface area contributed by atoms with E-state index in [0.29, 0.717) is 6.42 Å². The van der Waals surface area contributed by atoms with Crippen molar-refractivity contribution < 1.29 is 23.0 Å². The van der Waals surface area contributed by atoms with Crippen LogP contribution < -0.4 is 0 Å². The molecule has 0 aliphatic rings. The van der Waals surface area contributed by atoms with Crippen LogP contribution in [0.4, 0.5) is 13.2 Å². The average Bonchev–Trinajstić information content (AvgIpc) is 2.14. The number of halogens is 3. The minimum atomic E-state index is -4.37. The Morgan fingerprint density at radius 2 is 1.87 bits per heavy atom. The van der Waals surface area contributed by atoms with Gasteiger partial charge in [-0.05, 0) is 6.42 Å². The van der Waals surface area contributed by atoms with Gasteiger partial charge in [-0.3, -0.25) is 0 Å². The van der Waals surface area contributed by atoms with Crippen molar-refractivity contribution in [3.05, 3.63) is 0 Å². The van der Waals surface area contributed by atoms with E-state index in [2.05, 4.69) is 0 Å². The van der Waals surface area contributed by atoms with Crippen molar-refractivity contribution in [2.45, 2.75) is 51.3 Å². The van der Waals surface area contributed by atoms with Crippen molar-refractivity contribution in [2.75, 3.05) is 13.2 Å². The zero-order valence-corrected chi connectivity index (χ0v) is 9.02. The van der Waals surface area contributed by atoms with Gasteiger partial charge in [0, 0.05) is 19.6 Å². The first-order chi connectivity index (χ1) is 7.02. The molecule has 1 atom stereocenters. The molecule has 2 nitrogen and oxygen atoms in total. The van der Waals surface area contributed by atoms with Crippen LogP contribution in [-0.4, -0.2) is 30.6 Å². The van der Waals surface area contributed by atoms with Crippen molar-refractivity contribution in [2.24, 2.45) is 0 Å². The lowest BCUT2D eigenvalue weighted by atomic mass is 10.2. The quantitative estimate of drug-likeness (QED) is 0.647. The number of rotatable bonds is 8. The fraction of sp³-hybridized carbons (Fsp3) is 1.00. The molecule has 0 heterocycles. The van der Waals surface area contributed by atoms with Gasteiger partial charge in [-0.25, -0.2) is 0 Å². The lowest BCUT2D eigenvalue weighted by Gasteiger charge is -2.19. The van der Waals surface area contributed by atoms with Crippen molar-refractivity contribution in [1.82, 2.24) is 0 Å². The monoisotopic (exact) mass is 228 g/mol. The van der Waals surface area contributed by atoms with Crippen LogP contribution in [0.25, 0.3) is 0 Å². The molecule has 1 unspecified atom stereocenters. The molecule has 0 bridgehead atoms. The third kappa shape index (κ3) is 7.62. The van der Waals surface area contributed by atoms with Gasteiger partial charge in [0.05, 0.1) is 0 Å². The SMILES string of the molecule is CCCCCCOC(CCO)C(F)(F)F. The topological polar surface area (TPSA) is 29.5 Å². The van der Waals surface area contributed by atoms with Crippen LogP contribution in [0.1, 0.15) is 39.0 Å². The van der Waals surface area contributed by atoms with Gasteiger partial charge in [-0.1, -0.05) is 26.2 Å². The highest BCUT2D eigenvalue weighted by molar-refractivity contribution is 4.67. The van der Waals surface area contributed by atoms with Gasteiger partial charge < -0.3 is 9.84 Å². The van der Waals surface area contributed by atoms with E-state index in [1.54, 1.807) is 0 Å². The number of ether oxygens (including phenoxy) is 1. The molecule has 0 aliphatic carbocycles. The summed E-state index contributed by atoms with van der Waals surface area (Å²) < 4.78 is 41.4. The fourth-order valence-corrected chi connectivity index (χ4v) is 1.21. The largest absolute Gasteiger partial charge is 0.414 e. The highest BCUT2D eigenvalue weighted by Gasteiger charge is 2.39. The summed E-state index contributed by atoms with van der Waals surface area (Å²) in [7, 11) is 0. The molecule has 0 saturated carbocycles. The minimum absolute atomic E-state index is 0.115. The molecule has 0 amide bonds. The Morgan fingerprint density at radius 1 is 1.20 bits per heavy atom. The summed E-state index contributed by atoms with van der Waals surface area (Å²) in [5.41, 5.74) is 0.